The summed E-state index contributed by atoms with van der Waals surface area (Å²) in [6.07, 6.45) is 8.15. The van der Waals surface area contributed by atoms with Crippen molar-refractivity contribution in [1.29, 1.82) is 0 Å². The van der Waals surface area contributed by atoms with E-state index in [0.717, 1.165) is 11.1 Å². The number of methoxy groups -OCH3 is 2. The van der Waals surface area contributed by atoms with E-state index in [0.29, 0.717) is 30.6 Å². The van der Waals surface area contributed by atoms with E-state index in [-0.39, 0.29) is 18.4 Å². The predicted molar refractivity (Wildman–Crippen MR) is 143 cm³/mol. The molecule has 4 aromatic heterocycles. The first-order valence-electron chi connectivity index (χ1n) is 12.4. The molecule has 4 aromatic rings. The Morgan fingerprint density at radius 1 is 1.00 bits per heavy atom. The minimum absolute atomic E-state index is 0.238. The lowest BCUT2D eigenvalue weighted by Gasteiger charge is -1.99. The maximum absolute atomic E-state index is 11.1. The third kappa shape index (κ3) is 20.0. The zero-order chi connectivity index (χ0) is 33.2. The smallest absolute Gasteiger partial charge is 0.446 e. The van der Waals surface area contributed by atoms with Crippen molar-refractivity contribution < 1.29 is 56.2 Å². The van der Waals surface area contributed by atoms with Crippen LogP contribution in [0.1, 0.15) is 24.3 Å². The highest BCUT2D eigenvalue weighted by Gasteiger charge is 2.24. The van der Waals surface area contributed by atoms with Crippen LogP contribution < -0.4 is 4.57 Å². The van der Waals surface area contributed by atoms with Crippen LogP contribution in [0.3, 0.4) is 0 Å². The lowest BCUT2D eigenvalue weighted by molar-refractivity contribution is -0.690. The van der Waals surface area contributed by atoms with Crippen LogP contribution in [0.4, 0.5) is 17.6 Å². The molecular formula is C27H30ClF4N4O7+. The lowest BCUT2D eigenvalue weighted by Crippen LogP contribution is -2.34. The molecule has 0 saturated heterocycles. The van der Waals surface area contributed by atoms with Gasteiger partial charge < -0.3 is 18.3 Å². The maximum atomic E-state index is 11.1. The number of halogens is 5. The third-order valence-electron chi connectivity index (χ3n) is 4.33. The molecule has 0 radical (unpaired) electrons. The molecule has 0 spiro atoms. The zero-order valence-corrected chi connectivity index (χ0v) is 23.8. The molecule has 16 heteroatoms. The van der Waals surface area contributed by atoms with Crippen LogP contribution in [0.2, 0.25) is 0 Å². The number of rotatable bonds is 7. The van der Waals surface area contributed by atoms with Gasteiger partial charge in [-0.2, -0.15) is 17.7 Å². The molecule has 43 heavy (non-hydrogen) atoms. The van der Waals surface area contributed by atoms with E-state index < -0.39 is 19.6 Å². The fraction of sp³-hybridized carbons (Fsp3) is 0.296. The quantitative estimate of drug-likeness (QED) is 0.0952. The van der Waals surface area contributed by atoms with Gasteiger partial charge in [0, 0.05) is 24.0 Å². The number of aromatic nitrogens is 4. The Morgan fingerprint density at radius 3 is 1.95 bits per heavy atom. The number of hydrogen-bond acceptors (Lipinski definition) is 10. The van der Waals surface area contributed by atoms with E-state index in [1.807, 2.05) is 35.2 Å². The summed E-state index contributed by atoms with van der Waals surface area (Å²) in [5.74, 6) is 1.07. The van der Waals surface area contributed by atoms with Gasteiger partial charge in [-0.3, -0.25) is 23.8 Å². The second kappa shape index (κ2) is 23.0. The van der Waals surface area contributed by atoms with Gasteiger partial charge in [0.15, 0.2) is 12.4 Å². The second-order valence-corrected chi connectivity index (χ2v) is 7.66. The van der Waals surface area contributed by atoms with Gasteiger partial charge in [0.1, 0.15) is 12.5 Å². The number of carbonyl (C=O) groups excluding carboxylic acids is 3. The van der Waals surface area contributed by atoms with Gasteiger partial charge in [-0.25, -0.2) is 9.97 Å². The molecule has 4 heterocycles. The standard InChI is InChI=1S/C12H13N2O3.C8H9NO2.C4H4ClNO.C2HF3O.CH3F/c1-16-12(15)7-10-3-2-5-14(8-10)9-11-13-4-6-17-11;1-11-8(10)5-7-3-2-4-9-6-7;5-3-4-6-1-2-7-4;3-2(4,5)1-6;1-2/h2-6,8H,7,9H2,1H3;2-4,6H,5H2,1H3;1-2H,3H2;1H;1H3/q+1;;;;/i;;;;1D. The minimum Gasteiger partial charge on any atom is -0.469 e. The summed E-state index contributed by atoms with van der Waals surface area (Å²) in [7, 11) is 1.75. The van der Waals surface area contributed by atoms with Crippen LogP contribution in [-0.4, -0.2) is 60.7 Å². The van der Waals surface area contributed by atoms with Crippen molar-refractivity contribution in [2.24, 2.45) is 0 Å². The Bertz CT molecular complexity index is 1300. The summed E-state index contributed by atoms with van der Waals surface area (Å²) in [5.41, 5.74) is 1.77. The van der Waals surface area contributed by atoms with E-state index in [9.17, 15) is 27.2 Å². The molecule has 4 rings (SSSR count). The highest BCUT2D eigenvalue weighted by atomic mass is 35.5. The molecule has 0 amide bonds. The van der Waals surface area contributed by atoms with Crippen molar-refractivity contribution >= 4 is 29.8 Å². The van der Waals surface area contributed by atoms with Crippen molar-refractivity contribution in [2.45, 2.75) is 31.4 Å². The summed E-state index contributed by atoms with van der Waals surface area (Å²) in [6, 6.07) is 7.38. The molecule has 0 unspecified atom stereocenters. The molecule has 0 aliphatic carbocycles. The highest BCUT2D eigenvalue weighted by molar-refractivity contribution is 6.16. The molecule has 0 fully saturated rings. The summed E-state index contributed by atoms with van der Waals surface area (Å²) >= 11 is 5.31. The molecule has 11 nitrogen and oxygen atoms in total. The molecule has 0 atom stereocenters. The number of alkyl halides is 5. The van der Waals surface area contributed by atoms with Crippen LogP contribution >= 0.6 is 11.6 Å². The number of ether oxygens (including phenoxy) is 2. The Morgan fingerprint density at radius 2 is 1.53 bits per heavy atom. The molecule has 0 N–H and O–H groups in total. The Hall–Kier alpha value is -4.66. The zero-order valence-electron chi connectivity index (χ0n) is 24.1. The highest BCUT2D eigenvalue weighted by Crippen LogP contribution is 2.08. The summed E-state index contributed by atoms with van der Waals surface area (Å²) < 4.78 is 67.7. The molecular weight excluding hydrogens is 604 g/mol. The number of oxazole rings is 2. The first-order chi connectivity index (χ1) is 21.0. The van der Waals surface area contributed by atoms with Crippen molar-refractivity contribution in [2.75, 3.05) is 21.4 Å². The maximum Gasteiger partial charge on any atom is 0.446 e. The molecule has 0 aromatic carbocycles. The number of esters is 2. The van der Waals surface area contributed by atoms with Crippen LogP contribution in [-0.2, 0) is 49.1 Å². The SMILES string of the molecule is COC(=O)Cc1ccc[n+](Cc2ncco2)c1.COC(=O)Cc1cccnc1.ClCc1ncco1.O=CC(F)(F)F.[2H]CF. The number of aldehydes is 1. The number of carbonyl (C=O) groups is 3. The monoisotopic (exact) mass is 634 g/mol. The Balaban J connectivity index is 0.000000589. The van der Waals surface area contributed by atoms with Gasteiger partial charge in [0.05, 0.1) is 53.9 Å². The Labute approximate surface area is 250 Å². The summed E-state index contributed by atoms with van der Waals surface area (Å²) in [6.45, 7) is 0.544. The van der Waals surface area contributed by atoms with Gasteiger partial charge in [-0.05, 0) is 17.7 Å². The van der Waals surface area contributed by atoms with E-state index in [2.05, 4.69) is 24.4 Å². The number of hydrogen-bond donors (Lipinski definition) is 0. The topological polar surface area (TPSA) is 138 Å². The fourth-order valence-electron chi connectivity index (χ4n) is 2.57. The molecule has 0 aliphatic heterocycles. The van der Waals surface area contributed by atoms with Crippen LogP contribution in [0, 0.1) is 0 Å². The van der Waals surface area contributed by atoms with Crippen molar-refractivity contribution in [3.8, 4) is 0 Å². The van der Waals surface area contributed by atoms with E-state index >= 15 is 0 Å². The Kier molecular flexibility index (Phi) is 19.4. The summed E-state index contributed by atoms with van der Waals surface area (Å²) in [5, 5.41) is 0. The summed E-state index contributed by atoms with van der Waals surface area (Å²) in [4.78, 5) is 42.2. The largest absolute Gasteiger partial charge is 0.469 e. The van der Waals surface area contributed by atoms with Crippen LogP contribution in [0.15, 0.2) is 82.8 Å². The van der Waals surface area contributed by atoms with E-state index in [1.54, 1.807) is 30.9 Å². The van der Waals surface area contributed by atoms with Crippen LogP contribution in [0.25, 0.3) is 0 Å². The van der Waals surface area contributed by atoms with E-state index in [1.165, 1.54) is 26.7 Å². The minimum atomic E-state index is -4.64. The average Bonchev–Trinajstić information content (AvgIpc) is 3.74. The normalized spacial score (nSPS) is 9.88. The number of pyridine rings is 2. The van der Waals surface area contributed by atoms with Gasteiger partial charge in [0.25, 0.3) is 5.89 Å². The van der Waals surface area contributed by atoms with Crippen LogP contribution in [0.5, 0.6) is 0 Å². The van der Waals surface area contributed by atoms with Gasteiger partial charge >= 0.3 is 18.1 Å². The van der Waals surface area contributed by atoms with Gasteiger partial charge in [-0.15, -0.1) is 11.6 Å². The average molecular weight is 635 g/mol. The van der Waals surface area contributed by atoms with E-state index in [4.69, 9.17) is 26.6 Å². The molecule has 0 aliphatic rings. The molecule has 0 saturated carbocycles. The lowest BCUT2D eigenvalue weighted by atomic mass is 10.2. The molecule has 0 bridgehead atoms. The van der Waals surface area contributed by atoms with Crippen molar-refractivity contribution in [3.63, 3.8) is 0 Å². The third-order valence-corrected chi connectivity index (χ3v) is 4.56. The second-order valence-electron chi connectivity index (χ2n) is 7.40. The first kappa shape index (κ1) is 36.4. The fourth-order valence-corrected chi connectivity index (χ4v) is 2.70. The number of nitrogens with zero attached hydrogens (tertiary/aromatic N) is 4. The predicted octanol–water partition coefficient (Wildman–Crippen LogP) is 4.27. The molecule has 234 valence electrons. The van der Waals surface area contributed by atoms with Crippen molar-refractivity contribution in [3.05, 3.63) is 96.9 Å². The van der Waals surface area contributed by atoms with Gasteiger partial charge in [-0.1, -0.05) is 6.07 Å². The van der Waals surface area contributed by atoms with Crippen molar-refractivity contribution in [1.82, 2.24) is 15.0 Å². The van der Waals surface area contributed by atoms with Gasteiger partial charge in [0.2, 0.25) is 18.7 Å². The first-order valence-corrected chi connectivity index (χ1v) is 12.3.